The zero-order chi connectivity index (χ0) is 22.1. The van der Waals surface area contributed by atoms with E-state index >= 15 is 0 Å². The third kappa shape index (κ3) is 6.61. The minimum atomic E-state index is -0.509. The van der Waals surface area contributed by atoms with Crippen LogP contribution in [0.15, 0.2) is 48.5 Å². The number of amides is 2. The lowest BCUT2D eigenvalue weighted by atomic mass is 10.1. The summed E-state index contributed by atoms with van der Waals surface area (Å²) in [6.07, 6.45) is 1.64. The van der Waals surface area contributed by atoms with Crippen LogP contribution < -0.4 is 10.1 Å². The molecule has 0 fully saturated rings. The van der Waals surface area contributed by atoms with Crippen LogP contribution >= 0.6 is 0 Å². The number of ether oxygens (including phenoxy) is 1. The van der Waals surface area contributed by atoms with Crippen molar-refractivity contribution < 1.29 is 14.3 Å². The fraction of sp³-hybridized carbons (Fsp3) is 0.440. The third-order valence-corrected chi connectivity index (χ3v) is 5.34. The van der Waals surface area contributed by atoms with Crippen molar-refractivity contribution >= 4 is 11.8 Å². The van der Waals surface area contributed by atoms with Gasteiger partial charge in [-0.15, -0.1) is 0 Å². The molecule has 0 aliphatic rings. The van der Waals surface area contributed by atoms with E-state index in [-0.39, 0.29) is 24.3 Å². The Morgan fingerprint density at radius 1 is 1.03 bits per heavy atom. The SMILES string of the molecule is CC[C@@H](C)NC(=O)[C@@H](CC)N(Cc1cccc(C)c1)C(=O)Cc1ccc(OC)cc1. The van der Waals surface area contributed by atoms with Crippen molar-refractivity contribution in [3.63, 3.8) is 0 Å². The number of hydrogen-bond acceptors (Lipinski definition) is 3. The minimum Gasteiger partial charge on any atom is -0.497 e. The van der Waals surface area contributed by atoms with Crippen molar-refractivity contribution in [2.75, 3.05) is 7.11 Å². The van der Waals surface area contributed by atoms with E-state index < -0.39 is 6.04 Å². The third-order valence-electron chi connectivity index (χ3n) is 5.34. The second kappa shape index (κ2) is 11.4. The minimum absolute atomic E-state index is 0.0622. The van der Waals surface area contributed by atoms with Crippen molar-refractivity contribution in [2.45, 2.75) is 65.6 Å². The molecule has 0 radical (unpaired) electrons. The average Bonchev–Trinajstić information content (AvgIpc) is 2.74. The predicted octanol–water partition coefficient (Wildman–Crippen LogP) is 4.27. The van der Waals surface area contributed by atoms with Gasteiger partial charge in [-0.3, -0.25) is 9.59 Å². The Labute approximate surface area is 180 Å². The van der Waals surface area contributed by atoms with E-state index in [1.54, 1.807) is 12.0 Å². The Hall–Kier alpha value is -2.82. The molecule has 0 spiro atoms. The van der Waals surface area contributed by atoms with Gasteiger partial charge >= 0.3 is 0 Å². The summed E-state index contributed by atoms with van der Waals surface area (Å²) in [7, 11) is 1.62. The molecule has 0 saturated heterocycles. The molecule has 2 rings (SSSR count). The highest BCUT2D eigenvalue weighted by Crippen LogP contribution is 2.17. The standard InChI is InChI=1S/C25H34N2O3/c1-6-19(4)26-25(29)23(7-2)27(17-21-10-8-9-18(3)15-21)24(28)16-20-11-13-22(30-5)14-12-20/h8-15,19,23H,6-7,16-17H2,1-5H3,(H,26,29)/t19-,23-/m1/s1. The van der Waals surface area contributed by atoms with Crippen LogP contribution in [0.3, 0.4) is 0 Å². The molecule has 5 nitrogen and oxygen atoms in total. The Bertz CT molecular complexity index is 833. The van der Waals surface area contributed by atoms with Gasteiger partial charge in [0.15, 0.2) is 0 Å². The van der Waals surface area contributed by atoms with Crippen LogP contribution in [0.25, 0.3) is 0 Å². The highest BCUT2D eigenvalue weighted by molar-refractivity contribution is 5.88. The first-order valence-corrected chi connectivity index (χ1v) is 10.7. The molecule has 0 saturated carbocycles. The Balaban J connectivity index is 2.27. The molecule has 162 valence electrons. The van der Waals surface area contributed by atoms with E-state index in [1.165, 1.54) is 0 Å². The highest BCUT2D eigenvalue weighted by atomic mass is 16.5. The summed E-state index contributed by atoms with van der Waals surface area (Å²) in [5, 5.41) is 3.04. The number of rotatable bonds is 10. The lowest BCUT2D eigenvalue weighted by molar-refractivity contribution is -0.141. The zero-order valence-electron chi connectivity index (χ0n) is 18.8. The summed E-state index contributed by atoms with van der Waals surface area (Å²) in [5.41, 5.74) is 3.05. The number of methoxy groups -OCH3 is 1. The molecule has 0 unspecified atom stereocenters. The van der Waals surface area contributed by atoms with E-state index in [0.29, 0.717) is 13.0 Å². The van der Waals surface area contributed by atoms with E-state index in [9.17, 15) is 9.59 Å². The fourth-order valence-electron chi connectivity index (χ4n) is 3.39. The van der Waals surface area contributed by atoms with Crippen LogP contribution in [0.4, 0.5) is 0 Å². The monoisotopic (exact) mass is 410 g/mol. The van der Waals surface area contributed by atoms with Crippen LogP contribution in [0.2, 0.25) is 0 Å². The first-order valence-electron chi connectivity index (χ1n) is 10.7. The molecule has 0 bridgehead atoms. The van der Waals surface area contributed by atoms with Crippen LogP contribution in [-0.2, 0) is 22.6 Å². The summed E-state index contributed by atoms with van der Waals surface area (Å²) in [4.78, 5) is 28.0. The first kappa shape index (κ1) is 23.5. The Kier molecular flexibility index (Phi) is 8.90. The zero-order valence-corrected chi connectivity index (χ0v) is 18.8. The van der Waals surface area contributed by atoms with E-state index in [4.69, 9.17) is 4.74 Å². The van der Waals surface area contributed by atoms with Crippen LogP contribution in [0.1, 0.15) is 50.3 Å². The molecule has 2 aromatic rings. The largest absolute Gasteiger partial charge is 0.497 e. The number of benzene rings is 2. The van der Waals surface area contributed by atoms with Crippen molar-refractivity contribution in [1.82, 2.24) is 10.2 Å². The van der Waals surface area contributed by atoms with Crippen LogP contribution in [-0.4, -0.2) is 35.9 Å². The van der Waals surface area contributed by atoms with E-state index in [1.807, 2.05) is 70.2 Å². The van der Waals surface area contributed by atoms with E-state index in [0.717, 1.165) is 28.9 Å². The molecule has 0 aliphatic carbocycles. The molecule has 0 heterocycles. The van der Waals surface area contributed by atoms with Gasteiger partial charge in [0.05, 0.1) is 13.5 Å². The molecule has 0 aromatic heterocycles. The summed E-state index contributed by atoms with van der Waals surface area (Å²) < 4.78 is 5.20. The number of carbonyl (C=O) groups is 2. The van der Waals surface area contributed by atoms with E-state index in [2.05, 4.69) is 11.4 Å². The molecule has 1 N–H and O–H groups in total. The smallest absolute Gasteiger partial charge is 0.243 e. The number of hydrogen-bond donors (Lipinski definition) is 1. The Morgan fingerprint density at radius 2 is 1.73 bits per heavy atom. The van der Waals surface area contributed by atoms with Gasteiger partial charge in [0.25, 0.3) is 0 Å². The second-order valence-electron chi connectivity index (χ2n) is 7.78. The van der Waals surface area contributed by atoms with Crippen molar-refractivity contribution in [2.24, 2.45) is 0 Å². The van der Waals surface area contributed by atoms with Gasteiger partial charge in [-0.2, -0.15) is 0 Å². The molecule has 30 heavy (non-hydrogen) atoms. The van der Waals surface area contributed by atoms with Crippen LogP contribution in [0, 0.1) is 6.92 Å². The summed E-state index contributed by atoms with van der Waals surface area (Å²) >= 11 is 0. The summed E-state index contributed by atoms with van der Waals surface area (Å²) in [6.45, 7) is 8.40. The summed E-state index contributed by atoms with van der Waals surface area (Å²) in [5.74, 6) is 0.595. The predicted molar refractivity (Wildman–Crippen MR) is 120 cm³/mol. The molecule has 0 aliphatic heterocycles. The molecular weight excluding hydrogens is 376 g/mol. The van der Waals surface area contributed by atoms with Gasteiger partial charge < -0.3 is 15.0 Å². The maximum Gasteiger partial charge on any atom is 0.243 e. The maximum atomic E-state index is 13.3. The average molecular weight is 411 g/mol. The number of aryl methyl sites for hydroxylation is 1. The van der Waals surface area contributed by atoms with Gasteiger partial charge in [-0.25, -0.2) is 0 Å². The molecule has 5 heteroatoms. The number of nitrogens with one attached hydrogen (secondary N) is 1. The second-order valence-corrected chi connectivity index (χ2v) is 7.78. The fourth-order valence-corrected chi connectivity index (χ4v) is 3.39. The van der Waals surface area contributed by atoms with Gasteiger partial charge in [0.1, 0.15) is 11.8 Å². The molecule has 2 aromatic carbocycles. The van der Waals surface area contributed by atoms with Crippen molar-refractivity contribution in [3.8, 4) is 5.75 Å². The topological polar surface area (TPSA) is 58.6 Å². The normalized spacial score (nSPS) is 12.7. The highest BCUT2D eigenvalue weighted by Gasteiger charge is 2.29. The van der Waals surface area contributed by atoms with Gasteiger partial charge in [-0.05, 0) is 49.9 Å². The van der Waals surface area contributed by atoms with Gasteiger partial charge in [-0.1, -0.05) is 55.8 Å². The summed E-state index contributed by atoms with van der Waals surface area (Å²) in [6, 6.07) is 15.1. The Morgan fingerprint density at radius 3 is 2.30 bits per heavy atom. The molecular formula is C25H34N2O3. The first-order chi connectivity index (χ1) is 14.4. The number of nitrogens with zero attached hydrogens (tertiary/aromatic N) is 1. The van der Waals surface area contributed by atoms with Gasteiger partial charge in [0, 0.05) is 12.6 Å². The van der Waals surface area contributed by atoms with Crippen molar-refractivity contribution in [1.29, 1.82) is 0 Å². The molecule has 2 amide bonds. The lowest BCUT2D eigenvalue weighted by Crippen LogP contribution is -2.51. The van der Waals surface area contributed by atoms with Crippen LogP contribution in [0.5, 0.6) is 5.75 Å². The lowest BCUT2D eigenvalue weighted by Gasteiger charge is -2.31. The molecule has 2 atom stereocenters. The van der Waals surface area contributed by atoms with Crippen molar-refractivity contribution in [3.05, 3.63) is 65.2 Å². The van der Waals surface area contributed by atoms with Gasteiger partial charge in [0.2, 0.25) is 11.8 Å². The maximum absolute atomic E-state index is 13.3. The number of carbonyl (C=O) groups excluding carboxylic acids is 2. The quantitative estimate of drug-likeness (QED) is 0.636.